The van der Waals surface area contributed by atoms with Crippen molar-refractivity contribution < 1.29 is 4.79 Å². The van der Waals surface area contributed by atoms with Gasteiger partial charge >= 0.3 is 0 Å². The number of hydrogen-bond acceptors (Lipinski definition) is 3. The number of benzene rings is 1. The Morgan fingerprint density at radius 3 is 2.64 bits per heavy atom. The van der Waals surface area contributed by atoms with Crippen LogP contribution < -0.4 is 0 Å². The zero-order valence-electron chi connectivity index (χ0n) is 14.8. The number of amides is 1. The lowest BCUT2D eigenvalue weighted by Gasteiger charge is -2.35. The molecule has 0 radical (unpaired) electrons. The van der Waals surface area contributed by atoms with Crippen LogP contribution in [0.5, 0.6) is 0 Å². The van der Waals surface area contributed by atoms with Crippen LogP contribution in [-0.2, 0) is 13.6 Å². The molecular weight excluding hydrogens is 312 g/mol. The largest absolute Gasteiger partial charge is 0.334 e. The predicted octanol–water partition coefficient (Wildman–Crippen LogP) is 2.69. The second-order valence-electron chi connectivity index (χ2n) is 7.28. The van der Waals surface area contributed by atoms with E-state index in [9.17, 15) is 4.79 Å². The van der Waals surface area contributed by atoms with Crippen LogP contribution in [0, 0.1) is 0 Å². The molecule has 25 heavy (non-hydrogen) atoms. The van der Waals surface area contributed by atoms with Crippen molar-refractivity contribution >= 4 is 5.91 Å². The highest BCUT2D eigenvalue weighted by atomic mass is 16.2. The molecule has 1 aromatic heterocycles. The molecule has 1 amide bonds. The zero-order valence-corrected chi connectivity index (χ0v) is 14.8. The topological polar surface area (TPSA) is 41.4 Å². The van der Waals surface area contributed by atoms with Crippen molar-refractivity contribution in [1.29, 1.82) is 0 Å². The molecule has 0 aliphatic carbocycles. The van der Waals surface area contributed by atoms with E-state index >= 15 is 0 Å². The number of rotatable bonds is 4. The fourth-order valence-corrected chi connectivity index (χ4v) is 4.44. The van der Waals surface area contributed by atoms with Gasteiger partial charge in [-0.2, -0.15) is 5.10 Å². The zero-order chi connectivity index (χ0) is 17.2. The van der Waals surface area contributed by atoms with E-state index < -0.39 is 0 Å². The SMILES string of the molecule is Cn1cc(C(=O)N2CCC[C@H]2[C@H]2CCCN2Cc2ccccc2)cn1. The second-order valence-corrected chi connectivity index (χ2v) is 7.28. The van der Waals surface area contributed by atoms with Gasteiger partial charge in [0, 0.05) is 38.4 Å². The molecule has 132 valence electrons. The molecular formula is C20H26N4O. The van der Waals surface area contributed by atoms with Gasteiger partial charge < -0.3 is 4.90 Å². The lowest BCUT2D eigenvalue weighted by Crippen LogP contribution is -2.48. The molecule has 2 saturated heterocycles. The van der Waals surface area contributed by atoms with Crippen LogP contribution >= 0.6 is 0 Å². The molecule has 5 heteroatoms. The molecule has 0 unspecified atom stereocenters. The summed E-state index contributed by atoms with van der Waals surface area (Å²) < 4.78 is 1.70. The Bertz CT molecular complexity index is 726. The molecule has 3 heterocycles. The van der Waals surface area contributed by atoms with Gasteiger partial charge in [0.1, 0.15) is 0 Å². The number of aryl methyl sites for hydroxylation is 1. The molecule has 2 fully saturated rings. The number of nitrogens with zero attached hydrogens (tertiary/aromatic N) is 4. The quantitative estimate of drug-likeness (QED) is 0.861. The first-order chi connectivity index (χ1) is 12.2. The Kier molecular flexibility index (Phi) is 4.57. The van der Waals surface area contributed by atoms with Gasteiger partial charge in [-0.3, -0.25) is 14.4 Å². The van der Waals surface area contributed by atoms with Gasteiger partial charge in [0.25, 0.3) is 5.91 Å². The maximum absolute atomic E-state index is 12.9. The smallest absolute Gasteiger partial charge is 0.257 e. The summed E-state index contributed by atoms with van der Waals surface area (Å²) in [5.74, 6) is 0.141. The first kappa shape index (κ1) is 16.3. The van der Waals surface area contributed by atoms with Crippen molar-refractivity contribution in [2.45, 2.75) is 44.3 Å². The summed E-state index contributed by atoms with van der Waals surface area (Å²) in [5, 5.41) is 4.16. The van der Waals surface area contributed by atoms with Crippen molar-refractivity contribution in [1.82, 2.24) is 19.6 Å². The number of carbonyl (C=O) groups is 1. The Hall–Kier alpha value is -2.14. The van der Waals surface area contributed by atoms with Gasteiger partial charge in [-0.05, 0) is 37.8 Å². The van der Waals surface area contributed by atoms with Crippen LogP contribution in [0.4, 0.5) is 0 Å². The average molecular weight is 338 g/mol. The van der Waals surface area contributed by atoms with Gasteiger partial charge in [-0.1, -0.05) is 30.3 Å². The predicted molar refractivity (Wildman–Crippen MR) is 97.1 cm³/mol. The maximum atomic E-state index is 12.9. The summed E-state index contributed by atoms with van der Waals surface area (Å²) in [4.78, 5) is 17.6. The first-order valence-corrected chi connectivity index (χ1v) is 9.30. The fourth-order valence-electron chi connectivity index (χ4n) is 4.44. The number of carbonyl (C=O) groups excluding carboxylic acids is 1. The van der Waals surface area contributed by atoms with Crippen molar-refractivity contribution in [2.75, 3.05) is 13.1 Å². The Balaban J connectivity index is 1.50. The highest BCUT2D eigenvalue weighted by Crippen LogP contribution is 2.32. The van der Waals surface area contributed by atoms with Gasteiger partial charge in [0.05, 0.1) is 11.8 Å². The monoisotopic (exact) mass is 338 g/mol. The highest BCUT2D eigenvalue weighted by molar-refractivity contribution is 5.94. The van der Waals surface area contributed by atoms with E-state index in [1.807, 2.05) is 13.2 Å². The molecule has 0 bridgehead atoms. The molecule has 4 rings (SSSR count). The molecule has 2 aromatic rings. The van der Waals surface area contributed by atoms with Crippen LogP contribution in [0.15, 0.2) is 42.7 Å². The minimum absolute atomic E-state index is 0.141. The molecule has 5 nitrogen and oxygen atoms in total. The first-order valence-electron chi connectivity index (χ1n) is 9.30. The minimum atomic E-state index is 0.141. The van der Waals surface area contributed by atoms with E-state index in [4.69, 9.17) is 0 Å². The van der Waals surface area contributed by atoms with E-state index in [1.165, 1.54) is 18.4 Å². The van der Waals surface area contributed by atoms with Gasteiger partial charge in [-0.15, -0.1) is 0 Å². The molecule has 2 aliphatic heterocycles. The van der Waals surface area contributed by atoms with Crippen molar-refractivity contribution in [2.24, 2.45) is 7.05 Å². The second kappa shape index (κ2) is 7.00. The lowest BCUT2D eigenvalue weighted by molar-refractivity contribution is 0.0639. The normalized spacial score (nSPS) is 24.1. The van der Waals surface area contributed by atoms with E-state index in [0.29, 0.717) is 17.6 Å². The third-order valence-corrected chi connectivity index (χ3v) is 5.60. The summed E-state index contributed by atoms with van der Waals surface area (Å²) >= 11 is 0. The van der Waals surface area contributed by atoms with E-state index in [0.717, 1.165) is 32.5 Å². The summed E-state index contributed by atoms with van der Waals surface area (Å²) in [5.41, 5.74) is 2.07. The summed E-state index contributed by atoms with van der Waals surface area (Å²) in [6, 6.07) is 11.5. The van der Waals surface area contributed by atoms with Crippen LogP contribution in [0.2, 0.25) is 0 Å². The van der Waals surface area contributed by atoms with Crippen molar-refractivity contribution in [3.8, 4) is 0 Å². The number of aromatic nitrogens is 2. The standard InChI is InChI=1S/C20H26N4O/c1-22-15-17(13-21-22)20(25)24-12-6-10-19(24)18-9-5-11-23(18)14-16-7-3-2-4-8-16/h2-4,7-8,13,15,18-19H,5-6,9-12,14H2,1H3/t18-,19+/m1/s1. The molecule has 1 aromatic carbocycles. The Morgan fingerprint density at radius 1 is 1.12 bits per heavy atom. The molecule has 0 N–H and O–H groups in total. The van der Waals surface area contributed by atoms with Gasteiger partial charge in [0.15, 0.2) is 0 Å². The summed E-state index contributed by atoms with van der Waals surface area (Å²) in [6.45, 7) is 2.98. The van der Waals surface area contributed by atoms with E-state index in [-0.39, 0.29) is 5.91 Å². The van der Waals surface area contributed by atoms with E-state index in [1.54, 1.807) is 10.9 Å². The van der Waals surface area contributed by atoms with Crippen molar-refractivity contribution in [3.05, 3.63) is 53.9 Å². The number of hydrogen-bond donors (Lipinski definition) is 0. The fraction of sp³-hybridized carbons (Fsp3) is 0.500. The van der Waals surface area contributed by atoms with Crippen molar-refractivity contribution in [3.63, 3.8) is 0 Å². The minimum Gasteiger partial charge on any atom is -0.334 e. The number of likely N-dealkylation sites (tertiary alicyclic amines) is 2. The lowest BCUT2D eigenvalue weighted by atomic mass is 10.0. The van der Waals surface area contributed by atoms with E-state index in [2.05, 4.69) is 45.2 Å². The summed E-state index contributed by atoms with van der Waals surface area (Å²) in [7, 11) is 1.86. The van der Waals surface area contributed by atoms with Crippen LogP contribution in [-0.4, -0.2) is 50.7 Å². The third-order valence-electron chi connectivity index (χ3n) is 5.60. The third kappa shape index (κ3) is 3.33. The Morgan fingerprint density at radius 2 is 1.88 bits per heavy atom. The molecule has 2 aliphatic rings. The highest BCUT2D eigenvalue weighted by Gasteiger charge is 2.40. The molecule has 0 spiro atoms. The summed E-state index contributed by atoms with van der Waals surface area (Å²) in [6.07, 6.45) is 8.15. The Labute approximate surface area is 149 Å². The maximum Gasteiger partial charge on any atom is 0.257 e. The molecule has 0 saturated carbocycles. The van der Waals surface area contributed by atoms with Crippen LogP contribution in [0.3, 0.4) is 0 Å². The van der Waals surface area contributed by atoms with Gasteiger partial charge in [-0.25, -0.2) is 0 Å². The van der Waals surface area contributed by atoms with Crippen LogP contribution in [0.1, 0.15) is 41.6 Å². The molecule has 2 atom stereocenters. The average Bonchev–Trinajstić information content (AvgIpc) is 3.35. The van der Waals surface area contributed by atoms with Gasteiger partial charge in [0.2, 0.25) is 0 Å². The van der Waals surface area contributed by atoms with Crippen LogP contribution in [0.25, 0.3) is 0 Å².